The quantitative estimate of drug-likeness (QED) is 0.661. The van der Waals surface area contributed by atoms with Crippen molar-refractivity contribution in [2.75, 3.05) is 13.1 Å². The van der Waals surface area contributed by atoms with Crippen molar-refractivity contribution in [3.05, 3.63) is 43.5 Å². The van der Waals surface area contributed by atoms with Gasteiger partial charge in [-0.3, -0.25) is 9.48 Å². The molecule has 27 heavy (non-hydrogen) atoms. The Morgan fingerprint density at radius 3 is 3.00 bits per heavy atom. The van der Waals surface area contributed by atoms with Gasteiger partial charge in [-0.2, -0.15) is 10.2 Å². The van der Waals surface area contributed by atoms with E-state index in [1.807, 2.05) is 25.5 Å². The number of carbonyl (C=O) groups is 1. The molecule has 1 atom stereocenters. The molecule has 1 aliphatic heterocycles. The number of hydrogen-bond donors (Lipinski definition) is 0. The fourth-order valence-corrected chi connectivity index (χ4v) is 3.36. The summed E-state index contributed by atoms with van der Waals surface area (Å²) in [5, 5.41) is 8.54. The molecule has 4 rings (SSSR count). The molecule has 4 heterocycles. The van der Waals surface area contributed by atoms with Crippen LogP contribution in [0.4, 0.5) is 0 Å². The number of carbonyl (C=O) groups excluding carboxylic acids is 1. The van der Waals surface area contributed by atoms with Crippen LogP contribution in [0.2, 0.25) is 0 Å². The fraction of sp³-hybridized carbons (Fsp3) is 0.368. The minimum atomic E-state index is -0.119. The maximum absolute atomic E-state index is 12.0. The molecule has 0 radical (unpaired) electrons. The Kier molecular flexibility index (Phi) is 4.62. The molecule has 1 saturated heterocycles. The van der Waals surface area contributed by atoms with Gasteiger partial charge < -0.3 is 9.64 Å². The second-order valence-electron chi connectivity index (χ2n) is 6.72. The summed E-state index contributed by atoms with van der Waals surface area (Å²) in [6.45, 7) is 4.86. The van der Waals surface area contributed by atoms with Gasteiger partial charge in [-0.1, -0.05) is 6.58 Å². The number of amides is 1. The monoisotopic (exact) mass is 366 g/mol. The van der Waals surface area contributed by atoms with Crippen LogP contribution in [-0.2, 0) is 11.8 Å². The third kappa shape index (κ3) is 3.55. The molecule has 140 valence electrons. The van der Waals surface area contributed by atoms with E-state index in [9.17, 15) is 4.79 Å². The van der Waals surface area contributed by atoms with Gasteiger partial charge in [-0.25, -0.2) is 9.50 Å². The summed E-state index contributed by atoms with van der Waals surface area (Å²) >= 11 is 0. The molecule has 1 unspecified atom stereocenters. The predicted octanol–water partition coefficient (Wildman–Crippen LogP) is 2.08. The number of likely N-dealkylation sites (tertiary alicyclic amines) is 1. The van der Waals surface area contributed by atoms with Crippen molar-refractivity contribution >= 4 is 11.4 Å². The van der Waals surface area contributed by atoms with E-state index in [1.165, 1.54) is 6.08 Å². The molecule has 0 saturated carbocycles. The van der Waals surface area contributed by atoms with Crippen LogP contribution in [0.3, 0.4) is 0 Å². The van der Waals surface area contributed by atoms with Crippen LogP contribution in [0.1, 0.15) is 19.3 Å². The molecule has 0 N–H and O–H groups in total. The zero-order chi connectivity index (χ0) is 18.8. The lowest BCUT2D eigenvalue weighted by molar-refractivity contribution is -0.126. The number of fused-ring (bicyclic) bond motifs is 1. The highest BCUT2D eigenvalue weighted by Crippen LogP contribution is 2.26. The number of ether oxygens (including phenoxy) is 1. The molecule has 1 aliphatic rings. The highest BCUT2D eigenvalue weighted by Gasteiger charge is 2.23. The Bertz CT molecular complexity index is 976. The van der Waals surface area contributed by atoms with Crippen molar-refractivity contribution < 1.29 is 9.53 Å². The molecule has 1 amide bonds. The third-order valence-corrected chi connectivity index (χ3v) is 4.75. The Hall–Kier alpha value is -3.16. The highest BCUT2D eigenvalue weighted by molar-refractivity contribution is 5.87. The van der Waals surface area contributed by atoms with E-state index in [1.54, 1.807) is 26.5 Å². The molecule has 0 aliphatic carbocycles. The van der Waals surface area contributed by atoms with E-state index < -0.39 is 0 Å². The molecule has 3 aromatic heterocycles. The summed E-state index contributed by atoms with van der Waals surface area (Å²) in [6.07, 6.45) is 11.3. The number of aryl methyl sites for hydroxylation is 1. The van der Waals surface area contributed by atoms with Crippen molar-refractivity contribution in [1.29, 1.82) is 0 Å². The lowest BCUT2D eigenvalue weighted by Gasteiger charge is -2.24. The number of hydrogen-bond acceptors (Lipinski definition) is 5. The second-order valence-corrected chi connectivity index (χ2v) is 6.72. The van der Waals surface area contributed by atoms with Gasteiger partial charge in [0.05, 0.1) is 30.8 Å². The van der Waals surface area contributed by atoms with Crippen LogP contribution in [-0.4, -0.2) is 54.4 Å². The Balaban J connectivity index is 1.65. The van der Waals surface area contributed by atoms with Crippen LogP contribution in [0.25, 0.3) is 16.8 Å². The predicted molar refractivity (Wildman–Crippen MR) is 100 cm³/mol. The molecule has 8 nitrogen and oxygen atoms in total. The van der Waals surface area contributed by atoms with Gasteiger partial charge in [-0.15, -0.1) is 0 Å². The van der Waals surface area contributed by atoms with Gasteiger partial charge in [0.15, 0.2) is 0 Å². The summed E-state index contributed by atoms with van der Waals surface area (Å²) in [7, 11) is 1.87. The number of nitrogens with zero attached hydrogens (tertiary/aromatic N) is 6. The van der Waals surface area contributed by atoms with Gasteiger partial charge >= 0.3 is 0 Å². The topological polar surface area (TPSA) is 77.6 Å². The molecular weight excluding hydrogens is 344 g/mol. The maximum Gasteiger partial charge on any atom is 0.246 e. The summed E-state index contributed by atoms with van der Waals surface area (Å²) in [6, 6.07) is 1.87. The Labute approximate surface area is 157 Å². The molecule has 0 bridgehead atoms. The second kappa shape index (κ2) is 7.22. The third-order valence-electron chi connectivity index (χ3n) is 4.75. The zero-order valence-corrected chi connectivity index (χ0v) is 15.3. The van der Waals surface area contributed by atoms with E-state index in [0.717, 1.165) is 42.6 Å². The van der Waals surface area contributed by atoms with Crippen LogP contribution in [0, 0.1) is 0 Å². The van der Waals surface area contributed by atoms with E-state index in [2.05, 4.69) is 16.8 Å². The number of rotatable bonds is 4. The minimum absolute atomic E-state index is 0.0583. The number of aromatic nitrogens is 5. The van der Waals surface area contributed by atoms with Gasteiger partial charge in [0, 0.05) is 25.4 Å². The van der Waals surface area contributed by atoms with Crippen LogP contribution in [0.15, 0.2) is 43.5 Å². The van der Waals surface area contributed by atoms with E-state index >= 15 is 0 Å². The van der Waals surface area contributed by atoms with Gasteiger partial charge in [0.1, 0.15) is 11.6 Å². The average molecular weight is 366 g/mol. The summed E-state index contributed by atoms with van der Waals surface area (Å²) < 4.78 is 9.76. The average Bonchev–Trinajstić information content (AvgIpc) is 3.25. The van der Waals surface area contributed by atoms with Gasteiger partial charge in [0.25, 0.3) is 0 Å². The van der Waals surface area contributed by atoms with Crippen molar-refractivity contribution in [3.63, 3.8) is 0 Å². The summed E-state index contributed by atoms with van der Waals surface area (Å²) in [5.41, 5.74) is 2.43. The minimum Gasteiger partial charge on any atom is -0.471 e. The van der Waals surface area contributed by atoms with E-state index in [-0.39, 0.29) is 12.0 Å². The van der Waals surface area contributed by atoms with Gasteiger partial charge in [-0.05, 0) is 31.4 Å². The SMILES string of the molecule is C=CC(=O)N1CCCCC(Oc2nc(-c3cnn(C)c3)cn3nccc23)C1. The lowest BCUT2D eigenvalue weighted by atomic mass is 10.2. The fourth-order valence-electron chi connectivity index (χ4n) is 3.36. The summed E-state index contributed by atoms with van der Waals surface area (Å²) in [4.78, 5) is 18.5. The molecule has 1 fully saturated rings. The zero-order valence-electron chi connectivity index (χ0n) is 15.3. The first-order valence-corrected chi connectivity index (χ1v) is 9.05. The Morgan fingerprint density at radius 1 is 1.33 bits per heavy atom. The lowest BCUT2D eigenvalue weighted by Crippen LogP contribution is -2.37. The van der Waals surface area contributed by atoms with Crippen molar-refractivity contribution in [1.82, 2.24) is 29.3 Å². The molecular formula is C19H22N6O2. The largest absolute Gasteiger partial charge is 0.471 e. The smallest absolute Gasteiger partial charge is 0.246 e. The normalized spacial score (nSPS) is 17.7. The maximum atomic E-state index is 12.0. The van der Waals surface area contributed by atoms with Crippen LogP contribution >= 0.6 is 0 Å². The van der Waals surface area contributed by atoms with E-state index in [4.69, 9.17) is 9.72 Å². The van der Waals surface area contributed by atoms with Crippen molar-refractivity contribution in [2.45, 2.75) is 25.4 Å². The molecule has 8 heteroatoms. The highest BCUT2D eigenvalue weighted by atomic mass is 16.5. The first-order chi connectivity index (χ1) is 13.1. The van der Waals surface area contributed by atoms with Crippen molar-refractivity contribution in [2.24, 2.45) is 7.05 Å². The summed E-state index contributed by atoms with van der Waals surface area (Å²) in [5.74, 6) is 0.462. The van der Waals surface area contributed by atoms with Crippen LogP contribution in [0.5, 0.6) is 5.88 Å². The molecule has 0 spiro atoms. The van der Waals surface area contributed by atoms with Crippen molar-refractivity contribution in [3.8, 4) is 17.1 Å². The van der Waals surface area contributed by atoms with Gasteiger partial charge in [0.2, 0.25) is 11.8 Å². The standard InChI is InChI=1S/C19H22N6O2/c1-3-18(26)24-9-5-4-6-15(12-24)27-19-17-7-8-20-25(17)13-16(22-19)14-10-21-23(2)11-14/h3,7-8,10-11,13,15H,1,4-6,9,12H2,2H3. The van der Waals surface area contributed by atoms with E-state index in [0.29, 0.717) is 12.4 Å². The Morgan fingerprint density at radius 2 is 2.22 bits per heavy atom. The van der Waals surface area contributed by atoms with Crippen LogP contribution < -0.4 is 4.74 Å². The molecule has 0 aromatic carbocycles. The first kappa shape index (κ1) is 17.3. The molecule has 3 aromatic rings. The first-order valence-electron chi connectivity index (χ1n) is 9.05.